The SMILES string of the molecule is COc1ccc(F)c(OC)c1C(C)(C)C(=O)O. The number of halogens is 1. The fraction of sp³-hybridized carbons (Fsp3) is 0.417. The molecule has 0 bridgehead atoms. The molecule has 5 heteroatoms. The summed E-state index contributed by atoms with van der Waals surface area (Å²) in [5, 5.41) is 9.19. The quantitative estimate of drug-likeness (QED) is 0.879. The second-order valence-corrected chi connectivity index (χ2v) is 4.09. The summed E-state index contributed by atoms with van der Waals surface area (Å²) in [5.41, 5.74) is -1.12. The Hall–Kier alpha value is -1.78. The highest BCUT2D eigenvalue weighted by Crippen LogP contribution is 2.40. The number of hydrogen-bond acceptors (Lipinski definition) is 3. The first-order valence-corrected chi connectivity index (χ1v) is 5.00. The van der Waals surface area contributed by atoms with E-state index in [0.29, 0.717) is 0 Å². The van der Waals surface area contributed by atoms with Gasteiger partial charge in [0, 0.05) is 0 Å². The van der Waals surface area contributed by atoms with Crippen LogP contribution in [0.25, 0.3) is 0 Å². The van der Waals surface area contributed by atoms with Crippen molar-refractivity contribution in [1.82, 2.24) is 0 Å². The zero-order valence-corrected chi connectivity index (χ0v) is 10.2. The van der Waals surface area contributed by atoms with Crippen molar-refractivity contribution in [2.45, 2.75) is 19.3 Å². The van der Waals surface area contributed by atoms with Gasteiger partial charge >= 0.3 is 5.97 Å². The van der Waals surface area contributed by atoms with Gasteiger partial charge in [0.15, 0.2) is 11.6 Å². The highest BCUT2D eigenvalue weighted by Gasteiger charge is 2.36. The van der Waals surface area contributed by atoms with Gasteiger partial charge in [-0.1, -0.05) is 0 Å². The van der Waals surface area contributed by atoms with E-state index in [4.69, 9.17) is 9.47 Å². The molecule has 0 aliphatic carbocycles. The standard InChI is InChI=1S/C12H15FO4/c1-12(2,11(14)15)9-8(16-3)6-5-7(13)10(9)17-4/h5-6H,1-4H3,(H,14,15). The maximum Gasteiger partial charge on any atom is 0.313 e. The lowest BCUT2D eigenvalue weighted by Gasteiger charge is -2.24. The van der Waals surface area contributed by atoms with Gasteiger partial charge < -0.3 is 14.6 Å². The number of hydrogen-bond donors (Lipinski definition) is 1. The van der Waals surface area contributed by atoms with Crippen LogP contribution in [0, 0.1) is 5.82 Å². The first-order valence-electron chi connectivity index (χ1n) is 5.00. The molecular formula is C12H15FO4. The van der Waals surface area contributed by atoms with Crippen LogP contribution in [0.15, 0.2) is 12.1 Å². The molecule has 0 radical (unpaired) electrons. The summed E-state index contributed by atoms with van der Waals surface area (Å²) in [5.74, 6) is -1.51. The van der Waals surface area contributed by atoms with E-state index in [1.54, 1.807) is 0 Å². The summed E-state index contributed by atoms with van der Waals surface area (Å²) >= 11 is 0. The number of aliphatic carboxylic acids is 1. The average Bonchev–Trinajstić information content (AvgIpc) is 2.28. The molecule has 17 heavy (non-hydrogen) atoms. The second kappa shape index (κ2) is 4.61. The van der Waals surface area contributed by atoms with Gasteiger partial charge in [-0.2, -0.15) is 0 Å². The van der Waals surface area contributed by atoms with Crippen LogP contribution in [0.5, 0.6) is 11.5 Å². The Balaban J connectivity index is 3.58. The maximum atomic E-state index is 13.6. The molecule has 0 saturated heterocycles. The van der Waals surface area contributed by atoms with Gasteiger partial charge in [-0.15, -0.1) is 0 Å². The van der Waals surface area contributed by atoms with Crippen LogP contribution in [0.2, 0.25) is 0 Å². The largest absolute Gasteiger partial charge is 0.496 e. The van der Waals surface area contributed by atoms with Gasteiger partial charge in [0.05, 0.1) is 25.2 Å². The molecule has 1 N–H and O–H groups in total. The molecule has 0 heterocycles. The first-order chi connectivity index (χ1) is 7.86. The Bertz CT molecular complexity index is 440. The molecule has 0 aromatic heterocycles. The predicted molar refractivity (Wildman–Crippen MR) is 60.2 cm³/mol. The molecule has 0 saturated carbocycles. The summed E-state index contributed by atoms with van der Waals surface area (Å²) in [6, 6.07) is 2.57. The highest BCUT2D eigenvalue weighted by atomic mass is 19.1. The van der Waals surface area contributed by atoms with E-state index in [-0.39, 0.29) is 17.1 Å². The van der Waals surface area contributed by atoms with Crippen LogP contribution in [-0.2, 0) is 10.2 Å². The molecule has 94 valence electrons. The number of carbonyl (C=O) groups is 1. The van der Waals surface area contributed by atoms with Gasteiger partial charge in [0.2, 0.25) is 0 Å². The van der Waals surface area contributed by atoms with Crippen LogP contribution in [0.4, 0.5) is 4.39 Å². The van der Waals surface area contributed by atoms with Gasteiger partial charge in [-0.05, 0) is 26.0 Å². The highest BCUT2D eigenvalue weighted by molar-refractivity contribution is 5.82. The van der Waals surface area contributed by atoms with Crippen LogP contribution in [0.3, 0.4) is 0 Å². The molecule has 4 nitrogen and oxygen atoms in total. The predicted octanol–water partition coefficient (Wildman–Crippen LogP) is 2.21. The van der Waals surface area contributed by atoms with E-state index in [1.165, 1.54) is 40.2 Å². The van der Waals surface area contributed by atoms with Crippen molar-refractivity contribution in [3.8, 4) is 11.5 Å². The van der Waals surface area contributed by atoms with Crippen LogP contribution >= 0.6 is 0 Å². The smallest absolute Gasteiger partial charge is 0.313 e. The van der Waals surface area contributed by atoms with Gasteiger partial charge in [0.1, 0.15) is 5.75 Å². The third-order valence-electron chi connectivity index (χ3n) is 2.66. The minimum atomic E-state index is -1.31. The van der Waals surface area contributed by atoms with E-state index >= 15 is 0 Å². The molecule has 1 rings (SSSR count). The van der Waals surface area contributed by atoms with Crippen molar-refractivity contribution in [1.29, 1.82) is 0 Å². The molecule has 0 aliphatic rings. The van der Waals surface area contributed by atoms with Crippen molar-refractivity contribution < 1.29 is 23.8 Å². The molecule has 1 aromatic rings. The minimum Gasteiger partial charge on any atom is -0.496 e. The Morgan fingerprint density at radius 2 is 1.88 bits per heavy atom. The van der Waals surface area contributed by atoms with Crippen LogP contribution in [-0.4, -0.2) is 25.3 Å². The van der Waals surface area contributed by atoms with Crippen LogP contribution < -0.4 is 9.47 Å². The van der Waals surface area contributed by atoms with E-state index in [1.807, 2.05) is 0 Å². The minimum absolute atomic E-state index is 0.100. The van der Waals surface area contributed by atoms with Crippen molar-refractivity contribution in [3.05, 3.63) is 23.5 Å². The van der Waals surface area contributed by atoms with E-state index in [2.05, 4.69) is 0 Å². The van der Waals surface area contributed by atoms with E-state index in [0.717, 1.165) is 0 Å². The summed E-state index contributed by atoms with van der Waals surface area (Å²) in [7, 11) is 2.69. The van der Waals surface area contributed by atoms with Gasteiger partial charge in [-0.25, -0.2) is 4.39 Å². The van der Waals surface area contributed by atoms with Crippen LogP contribution in [0.1, 0.15) is 19.4 Å². The molecule has 0 amide bonds. The zero-order valence-electron chi connectivity index (χ0n) is 10.2. The summed E-state index contributed by atoms with van der Waals surface area (Å²) in [4.78, 5) is 11.2. The monoisotopic (exact) mass is 242 g/mol. The second-order valence-electron chi connectivity index (χ2n) is 4.09. The molecule has 0 fully saturated rings. The van der Waals surface area contributed by atoms with Crippen molar-refractivity contribution in [2.24, 2.45) is 0 Å². The van der Waals surface area contributed by atoms with Gasteiger partial charge in [-0.3, -0.25) is 4.79 Å². The number of ether oxygens (including phenoxy) is 2. The number of rotatable bonds is 4. The molecule has 1 aromatic carbocycles. The molecule has 0 aliphatic heterocycles. The number of carboxylic acid groups (broad SMARTS) is 1. The Morgan fingerprint density at radius 1 is 1.29 bits per heavy atom. The fourth-order valence-corrected chi connectivity index (χ4v) is 1.61. The first kappa shape index (κ1) is 13.3. The lowest BCUT2D eigenvalue weighted by Crippen LogP contribution is -2.30. The lowest BCUT2D eigenvalue weighted by atomic mass is 9.83. The molecule has 0 spiro atoms. The third kappa shape index (κ3) is 2.18. The average molecular weight is 242 g/mol. The number of benzene rings is 1. The summed E-state index contributed by atoms with van der Waals surface area (Å²) in [6.07, 6.45) is 0. The molecular weight excluding hydrogens is 227 g/mol. The molecule has 0 unspecified atom stereocenters. The Labute approximate surface area is 99.0 Å². The van der Waals surface area contributed by atoms with Crippen molar-refractivity contribution in [2.75, 3.05) is 14.2 Å². The van der Waals surface area contributed by atoms with E-state index in [9.17, 15) is 14.3 Å². The zero-order chi connectivity index (χ0) is 13.2. The van der Waals surface area contributed by atoms with Crippen molar-refractivity contribution >= 4 is 5.97 Å². The number of methoxy groups -OCH3 is 2. The van der Waals surface area contributed by atoms with Gasteiger partial charge in [0.25, 0.3) is 0 Å². The maximum absolute atomic E-state index is 13.6. The Morgan fingerprint density at radius 3 is 2.29 bits per heavy atom. The fourth-order valence-electron chi connectivity index (χ4n) is 1.61. The normalized spacial score (nSPS) is 11.1. The number of carboxylic acids is 1. The lowest BCUT2D eigenvalue weighted by molar-refractivity contribution is -0.142. The topological polar surface area (TPSA) is 55.8 Å². The van der Waals surface area contributed by atoms with Crippen molar-refractivity contribution in [3.63, 3.8) is 0 Å². The third-order valence-corrected chi connectivity index (χ3v) is 2.66. The summed E-state index contributed by atoms with van der Waals surface area (Å²) in [6.45, 7) is 2.93. The van der Waals surface area contributed by atoms with E-state index < -0.39 is 17.2 Å². The summed E-state index contributed by atoms with van der Waals surface area (Å²) < 4.78 is 23.6. The Kier molecular flexibility index (Phi) is 3.60. The molecule has 0 atom stereocenters.